The fourth-order valence-corrected chi connectivity index (χ4v) is 4.16. The van der Waals surface area contributed by atoms with Crippen molar-refractivity contribution < 1.29 is 4.79 Å². The van der Waals surface area contributed by atoms with Crippen LogP contribution in [0.2, 0.25) is 0 Å². The lowest BCUT2D eigenvalue weighted by Gasteiger charge is -2.15. The molecule has 1 saturated heterocycles. The number of likely N-dealkylation sites (tertiary alicyclic amines) is 1. The van der Waals surface area contributed by atoms with E-state index in [2.05, 4.69) is 47.2 Å². The molecular weight excluding hydrogens is 364 g/mol. The Kier molecular flexibility index (Phi) is 7.61. The molecule has 0 aliphatic carbocycles. The molecular formula is C19H28N4OS2. The Bertz CT molecular complexity index is 732. The van der Waals surface area contributed by atoms with E-state index in [1.54, 1.807) is 11.3 Å². The second-order valence-electron chi connectivity index (χ2n) is 7.12. The van der Waals surface area contributed by atoms with Crippen LogP contribution in [0.5, 0.6) is 0 Å². The number of rotatable bonds is 6. The Hall–Kier alpha value is -1.44. The number of nitrogens with zero attached hydrogens (tertiary/aromatic N) is 3. The molecule has 2 aromatic rings. The Morgan fingerprint density at radius 1 is 1.42 bits per heavy atom. The minimum Gasteiger partial charge on any atom is -0.302 e. The molecule has 5 nitrogen and oxygen atoms in total. The highest BCUT2D eigenvalue weighted by molar-refractivity contribution is 7.59. The number of hydrogen-bond acceptors (Lipinski definition) is 5. The molecule has 1 N–H and O–H groups in total. The summed E-state index contributed by atoms with van der Waals surface area (Å²) in [7, 11) is 0. The summed E-state index contributed by atoms with van der Waals surface area (Å²) < 4.78 is 0. The van der Waals surface area contributed by atoms with Crippen molar-refractivity contribution in [1.29, 1.82) is 0 Å². The van der Waals surface area contributed by atoms with Gasteiger partial charge in [0.2, 0.25) is 5.91 Å². The molecule has 3 heterocycles. The Morgan fingerprint density at radius 3 is 2.96 bits per heavy atom. The normalized spacial score (nSPS) is 17.3. The summed E-state index contributed by atoms with van der Waals surface area (Å²) in [6, 6.07) is 6.40. The third kappa shape index (κ3) is 5.79. The van der Waals surface area contributed by atoms with Gasteiger partial charge in [0.15, 0.2) is 5.13 Å². The topological polar surface area (TPSA) is 58.1 Å². The summed E-state index contributed by atoms with van der Waals surface area (Å²) in [6.45, 7) is 9.01. The van der Waals surface area contributed by atoms with Crippen LogP contribution in [-0.2, 0) is 17.8 Å². The maximum absolute atomic E-state index is 11.1. The average molecular weight is 393 g/mol. The second kappa shape index (κ2) is 9.48. The van der Waals surface area contributed by atoms with Gasteiger partial charge < -0.3 is 5.32 Å². The SMILES string of the molecule is CC(=O)Nc1ncc(CN2CCC(Cc3cccc(C(C)C)n3)C2)s1.S. The van der Waals surface area contributed by atoms with Gasteiger partial charge in [0.1, 0.15) is 0 Å². The van der Waals surface area contributed by atoms with Crippen LogP contribution in [-0.4, -0.2) is 33.9 Å². The number of nitrogens with one attached hydrogen (secondary N) is 1. The van der Waals surface area contributed by atoms with Crippen LogP contribution in [0, 0.1) is 5.92 Å². The minimum absolute atomic E-state index is 0. The van der Waals surface area contributed by atoms with E-state index in [0.29, 0.717) is 17.0 Å². The van der Waals surface area contributed by atoms with Crippen molar-refractivity contribution in [2.24, 2.45) is 5.92 Å². The molecule has 1 amide bonds. The summed E-state index contributed by atoms with van der Waals surface area (Å²) in [6.07, 6.45) is 4.14. The van der Waals surface area contributed by atoms with Crippen molar-refractivity contribution >= 4 is 35.9 Å². The van der Waals surface area contributed by atoms with Crippen LogP contribution in [0.4, 0.5) is 5.13 Å². The zero-order valence-corrected chi connectivity index (χ0v) is 17.5. The summed E-state index contributed by atoms with van der Waals surface area (Å²) in [5.74, 6) is 1.07. The molecule has 0 aromatic carbocycles. The predicted molar refractivity (Wildman–Crippen MR) is 112 cm³/mol. The fraction of sp³-hybridized carbons (Fsp3) is 0.526. The van der Waals surface area contributed by atoms with E-state index in [-0.39, 0.29) is 19.4 Å². The number of pyridine rings is 1. The van der Waals surface area contributed by atoms with Gasteiger partial charge in [-0.15, -0.1) is 11.3 Å². The minimum atomic E-state index is -0.0711. The Morgan fingerprint density at radius 2 is 2.23 bits per heavy atom. The van der Waals surface area contributed by atoms with Crippen LogP contribution >= 0.6 is 24.8 Å². The summed E-state index contributed by atoms with van der Waals surface area (Å²) in [4.78, 5) is 23.8. The number of anilines is 1. The molecule has 1 aliphatic rings. The van der Waals surface area contributed by atoms with E-state index in [4.69, 9.17) is 4.98 Å². The summed E-state index contributed by atoms with van der Waals surface area (Å²) >= 11 is 1.56. The van der Waals surface area contributed by atoms with Gasteiger partial charge in [-0.05, 0) is 43.4 Å². The first-order valence-corrected chi connectivity index (χ1v) is 9.71. The van der Waals surface area contributed by atoms with Gasteiger partial charge in [-0.3, -0.25) is 14.7 Å². The van der Waals surface area contributed by atoms with Gasteiger partial charge in [-0.1, -0.05) is 19.9 Å². The van der Waals surface area contributed by atoms with Gasteiger partial charge in [0.05, 0.1) is 0 Å². The summed E-state index contributed by atoms with van der Waals surface area (Å²) in [5.41, 5.74) is 2.39. The first kappa shape index (κ1) is 20.9. The van der Waals surface area contributed by atoms with Crippen molar-refractivity contribution in [1.82, 2.24) is 14.9 Å². The van der Waals surface area contributed by atoms with E-state index < -0.39 is 0 Å². The molecule has 3 rings (SSSR count). The molecule has 142 valence electrons. The maximum Gasteiger partial charge on any atom is 0.223 e. The van der Waals surface area contributed by atoms with Crippen molar-refractivity contribution in [3.63, 3.8) is 0 Å². The number of aromatic nitrogens is 2. The number of carbonyl (C=O) groups excluding carboxylic acids is 1. The Balaban J connectivity index is 0.00000243. The summed E-state index contributed by atoms with van der Waals surface area (Å²) in [5, 5.41) is 3.44. The largest absolute Gasteiger partial charge is 0.302 e. The van der Waals surface area contributed by atoms with Crippen LogP contribution in [0.15, 0.2) is 24.4 Å². The van der Waals surface area contributed by atoms with E-state index in [9.17, 15) is 4.79 Å². The van der Waals surface area contributed by atoms with Crippen LogP contribution in [0.25, 0.3) is 0 Å². The average Bonchev–Trinajstić information content (AvgIpc) is 3.17. The second-order valence-corrected chi connectivity index (χ2v) is 8.23. The standard InChI is InChI=1S/C19H26N4OS.H2S/c1-13(2)18-6-4-5-16(22-18)9-15-7-8-23(11-15)12-17-10-20-19(25-17)21-14(3)24;/h4-6,10,13,15H,7-9,11-12H2,1-3H3,(H,20,21,24);1H2. The molecule has 26 heavy (non-hydrogen) atoms. The zero-order valence-electron chi connectivity index (χ0n) is 15.7. The molecule has 0 saturated carbocycles. The van der Waals surface area contributed by atoms with Gasteiger partial charge >= 0.3 is 0 Å². The smallest absolute Gasteiger partial charge is 0.223 e. The number of carbonyl (C=O) groups is 1. The van der Waals surface area contributed by atoms with E-state index >= 15 is 0 Å². The van der Waals surface area contributed by atoms with Gasteiger partial charge in [0, 0.05) is 42.5 Å². The third-order valence-corrected chi connectivity index (χ3v) is 5.40. The molecule has 2 aromatic heterocycles. The zero-order chi connectivity index (χ0) is 17.8. The lowest BCUT2D eigenvalue weighted by molar-refractivity contribution is -0.114. The molecule has 1 aliphatic heterocycles. The highest BCUT2D eigenvalue weighted by Crippen LogP contribution is 2.25. The molecule has 1 fully saturated rings. The van der Waals surface area contributed by atoms with E-state index in [0.717, 1.165) is 26.1 Å². The number of hydrogen-bond donors (Lipinski definition) is 1. The Labute approximate surface area is 166 Å². The molecule has 7 heteroatoms. The highest BCUT2D eigenvalue weighted by Gasteiger charge is 2.23. The molecule has 1 atom stereocenters. The first-order chi connectivity index (χ1) is 12.0. The van der Waals surface area contributed by atoms with Crippen molar-refractivity contribution in [3.05, 3.63) is 40.7 Å². The van der Waals surface area contributed by atoms with Crippen molar-refractivity contribution in [2.75, 3.05) is 18.4 Å². The predicted octanol–water partition coefficient (Wildman–Crippen LogP) is 3.80. The van der Waals surface area contributed by atoms with E-state index in [1.165, 1.54) is 29.6 Å². The molecule has 0 radical (unpaired) electrons. The highest BCUT2D eigenvalue weighted by atomic mass is 32.1. The maximum atomic E-state index is 11.1. The van der Waals surface area contributed by atoms with Gasteiger partial charge in [-0.2, -0.15) is 13.5 Å². The number of thiazole rings is 1. The van der Waals surface area contributed by atoms with Crippen LogP contribution < -0.4 is 5.32 Å². The third-order valence-electron chi connectivity index (χ3n) is 4.50. The van der Waals surface area contributed by atoms with Crippen LogP contribution in [0.1, 0.15) is 49.4 Å². The fourth-order valence-electron chi connectivity index (χ4n) is 3.26. The van der Waals surface area contributed by atoms with Crippen molar-refractivity contribution in [2.45, 2.75) is 46.1 Å². The molecule has 0 spiro atoms. The quantitative estimate of drug-likeness (QED) is 0.812. The molecule has 1 unspecified atom stereocenters. The van der Waals surface area contributed by atoms with Gasteiger partial charge in [-0.25, -0.2) is 4.98 Å². The van der Waals surface area contributed by atoms with E-state index in [1.807, 2.05) is 6.20 Å². The lowest BCUT2D eigenvalue weighted by Crippen LogP contribution is -2.20. The lowest BCUT2D eigenvalue weighted by atomic mass is 10.0. The first-order valence-electron chi connectivity index (χ1n) is 8.90. The van der Waals surface area contributed by atoms with Gasteiger partial charge in [0.25, 0.3) is 0 Å². The molecule has 0 bridgehead atoms. The monoisotopic (exact) mass is 392 g/mol. The van der Waals surface area contributed by atoms with Crippen molar-refractivity contribution in [3.8, 4) is 0 Å². The van der Waals surface area contributed by atoms with Crippen LogP contribution in [0.3, 0.4) is 0 Å². The number of amides is 1.